The van der Waals surface area contributed by atoms with Crippen molar-refractivity contribution in [3.63, 3.8) is 0 Å². The van der Waals surface area contributed by atoms with Gasteiger partial charge in [0.2, 0.25) is 12.0 Å². The van der Waals surface area contributed by atoms with Crippen LogP contribution in [0.25, 0.3) is 34.4 Å². The number of benzene rings is 3. The Balaban J connectivity index is 1.57. The fraction of sp³-hybridized carbons (Fsp3) is 0.242. The third-order valence-corrected chi connectivity index (χ3v) is 7.69. The van der Waals surface area contributed by atoms with E-state index >= 15 is 0 Å². The van der Waals surface area contributed by atoms with Crippen molar-refractivity contribution in [1.29, 1.82) is 0 Å². The summed E-state index contributed by atoms with van der Waals surface area (Å²) in [5.74, 6) is -0.461. The van der Waals surface area contributed by atoms with Gasteiger partial charge in [-0.2, -0.15) is 0 Å². The summed E-state index contributed by atoms with van der Waals surface area (Å²) in [7, 11) is 2.67. The third-order valence-electron chi connectivity index (χ3n) is 7.69. The molecule has 13 nitrogen and oxygen atoms in total. The van der Waals surface area contributed by atoms with Gasteiger partial charge < -0.3 is 58.7 Å². The molecule has 5 atom stereocenters. The molecular weight excluding hydrogens is 604 g/mol. The molecule has 1 saturated heterocycles. The van der Waals surface area contributed by atoms with Crippen LogP contribution in [0.1, 0.15) is 22.3 Å². The number of hydrogen-bond donors (Lipinski definition) is 6. The first-order valence-corrected chi connectivity index (χ1v) is 14.1. The van der Waals surface area contributed by atoms with Crippen molar-refractivity contribution < 1.29 is 58.7 Å². The number of phenolic OH excluding ortho intramolecular Hbond substituents is 2. The van der Waals surface area contributed by atoms with E-state index in [1.54, 1.807) is 48.6 Å². The average Bonchev–Trinajstić information content (AvgIpc) is 3.05. The number of aliphatic hydroxyl groups is 4. The van der Waals surface area contributed by atoms with E-state index in [-0.39, 0.29) is 46.0 Å². The van der Waals surface area contributed by atoms with E-state index < -0.39 is 42.9 Å². The number of methoxy groups -OCH3 is 2. The Morgan fingerprint density at radius 1 is 0.848 bits per heavy atom. The van der Waals surface area contributed by atoms with Gasteiger partial charge in [-0.25, -0.2) is 4.79 Å². The lowest BCUT2D eigenvalue weighted by atomic mass is 9.96. The quantitative estimate of drug-likeness (QED) is 0.155. The Kier molecular flexibility index (Phi) is 8.34. The Morgan fingerprint density at radius 2 is 1.52 bits per heavy atom. The predicted octanol–water partition coefficient (Wildman–Crippen LogP) is 2.43. The minimum absolute atomic E-state index is 0.00804. The van der Waals surface area contributed by atoms with Gasteiger partial charge >= 0.3 is 11.6 Å². The van der Waals surface area contributed by atoms with Crippen LogP contribution in [-0.2, 0) is 9.47 Å². The SMILES string of the molecule is COc1cc(C2=C(O[C@@H]3O[C@H](CO)[C@@H](O)[C@H](O)[C@H]3O)c3cc(/C=C/c4ccc(O)cc4)cc4cc(=O)oc(c34)O2)cc(OC)c1O. The predicted molar refractivity (Wildman–Crippen MR) is 163 cm³/mol. The van der Waals surface area contributed by atoms with Gasteiger partial charge in [-0.05, 0) is 52.9 Å². The smallest absolute Gasteiger partial charge is 0.339 e. The summed E-state index contributed by atoms with van der Waals surface area (Å²) in [6.45, 7) is -0.685. The van der Waals surface area contributed by atoms with Crippen LogP contribution in [0.15, 0.2) is 63.8 Å². The number of hydrogen-bond acceptors (Lipinski definition) is 13. The van der Waals surface area contributed by atoms with E-state index in [1.165, 1.54) is 32.4 Å². The lowest BCUT2D eigenvalue weighted by Gasteiger charge is -2.40. The van der Waals surface area contributed by atoms with E-state index in [1.807, 2.05) is 0 Å². The van der Waals surface area contributed by atoms with Gasteiger partial charge in [0.05, 0.1) is 26.2 Å². The molecule has 0 unspecified atom stereocenters. The highest BCUT2D eigenvalue weighted by Gasteiger charge is 2.46. The second-order valence-electron chi connectivity index (χ2n) is 10.6. The monoisotopic (exact) mass is 634 g/mol. The van der Waals surface area contributed by atoms with E-state index in [4.69, 9.17) is 28.1 Å². The first-order chi connectivity index (χ1) is 22.1. The first kappa shape index (κ1) is 31.0. The molecule has 4 aromatic rings. The van der Waals surface area contributed by atoms with Gasteiger partial charge in [0.1, 0.15) is 30.2 Å². The van der Waals surface area contributed by atoms with Crippen LogP contribution in [0.4, 0.5) is 0 Å². The number of ether oxygens (including phenoxy) is 5. The molecule has 0 bridgehead atoms. The lowest BCUT2D eigenvalue weighted by molar-refractivity contribution is -0.284. The highest BCUT2D eigenvalue weighted by atomic mass is 16.7. The second-order valence-corrected chi connectivity index (χ2v) is 10.6. The fourth-order valence-corrected chi connectivity index (χ4v) is 5.33. The summed E-state index contributed by atoms with van der Waals surface area (Å²) in [6.07, 6.45) is -4.45. The molecule has 240 valence electrons. The molecule has 1 aromatic heterocycles. The van der Waals surface area contributed by atoms with Crippen LogP contribution in [0.2, 0.25) is 0 Å². The number of rotatable bonds is 8. The summed E-state index contributed by atoms with van der Waals surface area (Å²) in [5.41, 5.74) is 1.23. The normalized spacial score (nSPS) is 22.6. The molecule has 3 aromatic carbocycles. The van der Waals surface area contributed by atoms with Crippen molar-refractivity contribution >= 4 is 34.4 Å². The van der Waals surface area contributed by atoms with E-state index in [0.717, 1.165) is 5.56 Å². The fourth-order valence-electron chi connectivity index (χ4n) is 5.33. The molecule has 0 radical (unpaired) electrons. The van der Waals surface area contributed by atoms with E-state index in [9.17, 15) is 35.4 Å². The average molecular weight is 635 g/mol. The molecule has 1 fully saturated rings. The van der Waals surface area contributed by atoms with Crippen LogP contribution >= 0.6 is 0 Å². The molecule has 0 aliphatic carbocycles. The molecule has 3 heterocycles. The van der Waals surface area contributed by atoms with Gasteiger partial charge in [0, 0.05) is 17.2 Å². The minimum Gasteiger partial charge on any atom is -0.508 e. The summed E-state index contributed by atoms with van der Waals surface area (Å²) >= 11 is 0. The zero-order chi connectivity index (χ0) is 32.7. The highest BCUT2D eigenvalue weighted by Crippen LogP contribution is 2.47. The molecule has 13 heteroatoms. The maximum Gasteiger partial charge on any atom is 0.339 e. The number of aliphatic hydroxyl groups excluding tert-OH is 4. The van der Waals surface area contributed by atoms with Crippen LogP contribution in [0, 0.1) is 0 Å². The summed E-state index contributed by atoms with van der Waals surface area (Å²) in [4.78, 5) is 12.7. The molecule has 0 amide bonds. The molecule has 2 aliphatic rings. The standard InChI is InChI=1S/C33H30O13/c1-41-21-11-18(12-22(42-2)26(21)37)30-31(46-33-29(40)28(39)27(38)23(14-34)43-33)20-10-16(4-3-15-5-7-19(35)8-6-15)9-17-13-24(36)44-32(45-30)25(17)20/h3-13,23,27-29,33-35,37-40H,14H2,1-2H3/b4-3+/t23-,27-,28+,29-,33+/m1/s1. The van der Waals surface area contributed by atoms with Crippen molar-refractivity contribution in [1.82, 2.24) is 0 Å². The second kappa shape index (κ2) is 12.4. The Morgan fingerprint density at radius 3 is 2.17 bits per heavy atom. The molecule has 0 saturated carbocycles. The van der Waals surface area contributed by atoms with E-state index in [0.29, 0.717) is 21.9 Å². The molecule has 6 rings (SSSR count). The zero-order valence-electron chi connectivity index (χ0n) is 24.5. The van der Waals surface area contributed by atoms with Gasteiger partial charge in [-0.15, -0.1) is 0 Å². The molecule has 6 N–H and O–H groups in total. The molecule has 2 aliphatic heterocycles. The first-order valence-electron chi connectivity index (χ1n) is 14.1. The van der Waals surface area contributed by atoms with Crippen LogP contribution in [-0.4, -0.2) is 82.2 Å². The minimum atomic E-state index is -1.77. The molecular formula is C33H30O13. The van der Waals surface area contributed by atoms with Gasteiger partial charge in [0.25, 0.3) is 0 Å². The van der Waals surface area contributed by atoms with E-state index in [2.05, 4.69) is 0 Å². The highest BCUT2D eigenvalue weighted by molar-refractivity contribution is 6.04. The lowest BCUT2D eigenvalue weighted by Crippen LogP contribution is -2.59. The van der Waals surface area contributed by atoms with Gasteiger partial charge in [-0.3, -0.25) is 0 Å². The van der Waals surface area contributed by atoms with Crippen LogP contribution in [0.5, 0.6) is 28.9 Å². The Hall–Kier alpha value is -5.05. The van der Waals surface area contributed by atoms with Crippen LogP contribution in [0.3, 0.4) is 0 Å². The van der Waals surface area contributed by atoms with Crippen molar-refractivity contribution in [3.05, 3.63) is 87.3 Å². The number of aromatic hydroxyl groups is 2. The summed E-state index contributed by atoms with van der Waals surface area (Å²) < 4.78 is 34.1. The third kappa shape index (κ3) is 5.62. The molecule has 46 heavy (non-hydrogen) atoms. The maximum absolute atomic E-state index is 12.7. The van der Waals surface area contributed by atoms with Crippen molar-refractivity contribution in [2.24, 2.45) is 0 Å². The van der Waals surface area contributed by atoms with Gasteiger partial charge in [0.15, 0.2) is 23.0 Å². The summed E-state index contributed by atoms with van der Waals surface area (Å²) in [6, 6.07) is 14.1. The number of phenols is 2. The van der Waals surface area contributed by atoms with Crippen molar-refractivity contribution in [2.45, 2.75) is 30.7 Å². The Bertz CT molecular complexity index is 1870. The Labute approximate surface area is 261 Å². The van der Waals surface area contributed by atoms with Crippen LogP contribution < -0.4 is 19.8 Å². The summed E-state index contributed by atoms with van der Waals surface area (Å²) in [5, 5.41) is 62.4. The zero-order valence-corrected chi connectivity index (χ0v) is 24.5. The topological polar surface area (TPSA) is 198 Å². The largest absolute Gasteiger partial charge is 0.508 e. The van der Waals surface area contributed by atoms with Crippen molar-refractivity contribution in [3.8, 4) is 28.9 Å². The maximum atomic E-state index is 12.7. The molecule has 0 spiro atoms. The van der Waals surface area contributed by atoms with Crippen molar-refractivity contribution in [2.75, 3.05) is 20.8 Å². The van der Waals surface area contributed by atoms with Gasteiger partial charge in [-0.1, -0.05) is 24.3 Å².